The van der Waals surface area contributed by atoms with E-state index in [9.17, 15) is 4.79 Å². The Morgan fingerprint density at radius 3 is 2.07 bits per heavy atom. The summed E-state index contributed by atoms with van der Waals surface area (Å²) < 4.78 is 32.6. The predicted molar refractivity (Wildman–Crippen MR) is 97.7 cm³/mol. The first kappa shape index (κ1) is 18.7. The number of carbonyl (C=O) groups is 1. The van der Waals surface area contributed by atoms with Crippen molar-refractivity contribution in [2.45, 2.75) is 12.3 Å². The Morgan fingerprint density at radius 1 is 0.815 bits per heavy atom. The molecular formula is C20H22O7. The van der Waals surface area contributed by atoms with Gasteiger partial charge in [-0.1, -0.05) is 6.07 Å². The molecule has 1 unspecified atom stereocenters. The maximum absolute atomic E-state index is 12.2. The lowest BCUT2D eigenvalue weighted by Gasteiger charge is -2.28. The maximum Gasteiger partial charge on any atom is 0.312 e. The minimum Gasteiger partial charge on any atom is -0.493 e. The van der Waals surface area contributed by atoms with Crippen molar-refractivity contribution >= 4 is 5.97 Å². The number of hydrogen-bond donors (Lipinski definition) is 0. The molecule has 0 bridgehead atoms. The first-order chi connectivity index (χ1) is 13.1. The van der Waals surface area contributed by atoms with Crippen LogP contribution in [0, 0.1) is 0 Å². The molecule has 1 aliphatic heterocycles. The van der Waals surface area contributed by atoms with Crippen LogP contribution in [0.25, 0.3) is 0 Å². The molecule has 0 aliphatic carbocycles. The van der Waals surface area contributed by atoms with Gasteiger partial charge in [-0.3, -0.25) is 4.79 Å². The lowest BCUT2D eigenvalue weighted by atomic mass is 9.85. The van der Waals surface area contributed by atoms with Crippen molar-refractivity contribution in [3.05, 3.63) is 35.4 Å². The molecule has 27 heavy (non-hydrogen) atoms. The van der Waals surface area contributed by atoms with Crippen LogP contribution >= 0.6 is 0 Å². The molecule has 0 fully saturated rings. The molecule has 7 heteroatoms. The summed E-state index contributed by atoms with van der Waals surface area (Å²) in [7, 11) is 7.73. The lowest BCUT2D eigenvalue weighted by molar-refractivity contribution is -0.135. The molecular weight excluding hydrogens is 352 g/mol. The minimum absolute atomic E-state index is 0.161. The summed E-state index contributed by atoms with van der Waals surface area (Å²) in [6.45, 7) is 0. The van der Waals surface area contributed by atoms with Crippen LogP contribution < -0.4 is 28.4 Å². The Balaban J connectivity index is 2.22. The molecule has 0 radical (unpaired) electrons. The van der Waals surface area contributed by atoms with Gasteiger partial charge in [-0.05, 0) is 17.7 Å². The van der Waals surface area contributed by atoms with Crippen molar-refractivity contribution in [1.82, 2.24) is 0 Å². The Bertz CT molecular complexity index is 860. The van der Waals surface area contributed by atoms with Crippen LogP contribution in [0.5, 0.6) is 34.5 Å². The van der Waals surface area contributed by atoms with Gasteiger partial charge < -0.3 is 28.4 Å². The highest BCUT2D eigenvalue weighted by Gasteiger charge is 2.35. The molecule has 0 saturated heterocycles. The second-order valence-electron chi connectivity index (χ2n) is 5.90. The van der Waals surface area contributed by atoms with E-state index >= 15 is 0 Å². The Labute approximate surface area is 157 Å². The number of benzene rings is 2. The van der Waals surface area contributed by atoms with Crippen molar-refractivity contribution in [2.75, 3.05) is 35.5 Å². The molecule has 3 rings (SSSR count). The van der Waals surface area contributed by atoms with Crippen molar-refractivity contribution in [1.29, 1.82) is 0 Å². The zero-order chi connectivity index (χ0) is 19.6. The van der Waals surface area contributed by atoms with E-state index in [-0.39, 0.29) is 18.3 Å². The summed E-state index contributed by atoms with van der Waals surface area (Å²) in [5.41, 5.74) is 1.60. The maximum atomic E-state index is 12.2. The van der Waals surface area contributed by atoms with E-state index in [0.29, 0.717) is 34.5 Å². The monoisotopic (exact) mass is 374 g/mol. The lowest BCUT2D eigenvalue weighted by Crippen LogP contribution is -2.22. The second-order valence-corrected chi connectivity index (χ2v) is 5.90. The average molecular weight is 374 g/mol. The summed E-state index contributed by atoms with van der Waals surface area (Å²) in [5.74, 6) is 2.29. The van der Waals surface area contributed by atoms with Crippen molar-refractivity contribution < 1.29 is 33.2 Å². The summed E-state index contributed by atoms with van der Waals surface area (Å²) in [5, 5.41) is 0. The van der Waals surface area contributed by atoms with Crippen LogP contribution in [0.1, 0.15) is 23.5 Å². The Morgan fingerprint density at radius 2 is 1.48 bits per heavy atom. The van der Waals surface area contributed by atoms with Crippen LogP contribution in [0.3, 0.4) is 0 Å². The van der Waals surface area contributed by atoms with E-state index < -0.39 is 0 Å². The molecule has 7 nitrogen and oxygen atoms in total. The van der Waals surface area contributed by atoms with E-state index in [2.05, 4.69) is 0 Å². The molecule has 1 atom stereocenters. The predicted octanol–water partition coefficient (Wildman–Crippen LogP) is 3.17. The fourth-order valence-corrected chi connectivity index (χ4v) is 3.36. The Hall–Kier alpha value is -3.09. The van der Waals surface area contributed by atoms with Crippen LogP contribution in [0.4, 0.5) is 0 Å². The van der Waals surface area contributed by atoms with Gasteiger partial charge in [0.25, 0.3) is 0 Å². The smallest absolute Gasteiger partial charge is 0.312 e. The summed E-state index contributed by atoms with van der Waals surface area (Å²) >= 11 is 0. The summed E-state index contributed by atoms with van der Waals surface area (Å²) in [6.07, 6.45) is 0.161. The third kappa shape index (κ3) is 3.20. The van der Waals surface area contributed by atoms with Gasteiger partial charge in [-0.2, -0.15) is 0 Å². The molecule has 0 spiro atoms. The fraction of sp³-hybridized carbons (Fsp3) is 0.350. The zero-order valence-electron chi connectivity index (χ0n) is 16.0. The van der Waals surface area contributed by atoms with Gasteiger partial charge in [-0.15, -0.1) is 0 Å². The molecule has 144 valence electrons. The van der Waals surface area contributed by atoms with E-state index in [4.69, 9.17) is 28.4 Å². The van der Waals surface area contributed by atoms with E-state index in [1.165, 1.54) is 14.2 Å². The molecule has 1 aliphatic rings. The standard InChI is InChI=1S/C20H22O7/c1-22-13-7-6-11(8-14(13)23-2)12-9-17(21)27-15-10-16(24-3)19(25-4)20(26-5)18(12)15/h6-8,10,12H,9H2,1-5H3. The van der Waals surface area contributed by atoms with E-state index in [1.54, 1.807) is 33.5 Å². The third-order valence-corrected chi connectivity index (χ3v) is 4.58. The molecule has 0 aromatic heterocycles. The first-order valence-corrected chi connectivity index (χ1v) is 8.33. The highest BCUT2D eigenvalue weighted by atomic mass is 16.5. The topological polar surface area (TPSA) is 72.5 Å². The van der Waals surface area contributed by atoms with Gasteiger partial charge in [0.2, 0.25) is 5.75 Å². The van der Waals surface area contributed by atoms with Crippen molar-refractivity contribution in [3.63, 3.8) is 0 Å². The number of esters is 1. The van der Waals surface area contributed by atoms with Crippen LogP contribution in [0.15, 0.2) is 24.3 Å². The molecule has 2 aromatic carbocycles. The number of fused-ring (bicyclic) bond motifs is 1. The number of carbonyl (C=O) groups excluding carboxylic acids is 1. The van der Waals surface area contributed by atoms with Crippen LogP contribution in [0.2, 0.25) is 0 Å². The van der Waals surface area contributed by atoms with Crippen LogP contribution in [-0.2, 0) is 4.79 Å². The van der Waals surface area contributed by atoms with Gasteiger partial charge in [0.1, 0.15) is 5.75 Å². The van der Waals surface area contributed by atoms with Crippen LogP contribution in [-0.4, -0.2) is 41.5 Å². The summed E-state index contributed by atoms with van der Waals surface area (Å²) in [6, 6.07) is 7.19. The largest absolute Gasteiger partial charge is 0.493 e. The number of ether oxygens (including phenoxy) is 6. The number of rotatable bonds is 6. The molecule has 0 saturated carbocycles. The quantitative estimate of drug-likeness (QED) is 0.568. The molecule has 0 N–H and O–H groups in total. The highest BCUT2D eigenvalue weighted by molar-refractivity contribution is 5.80. The minimum atomic E-state index is -0.337. The Kier molecular flexibility index (Phi) is 5.30. The zero-order valence-corrected chi connectivity index (χ0v) is 16.0. The molecule has 2 aromatic rings. The normalized spacial score (nSPS) is 15.4. The summed E-state index contributed by atoms with van der Waals surface area (Å²) in [4.78, 5) is 12.2. The first-order valence-electron chi connectivity index (χ1n) is 8.33. The third-order valence-electron chi connectivity index (χ3n) is 4.58. The molecule has 1 heterocycles. The van der Waals surface area contributed by atoms with Gasteiger partial charge in [-0.25, -0.2) is 0 Å². The van der Waals surface area contributed by atoms with E-state index in [1.807, 2.05) is 12.1 Å². The fourth-order valence-electron chi connectivity index (χ4n) is 3.36. The van der Waals surface area contributed by atoms with Gasteiger partial charge in [0, 0.05) is 17.5 Å². The SMILES string of the molecule is COc1ccc(C2CC(=O)Oc3cc(OC)c(OC)c(OC)c32)cc1OC. The number of hydrogen-bond acceptors (Lipinski definition) is 7. The van der Waals surface area contributed by atoms with Gasteiger partial charge >= 0.3 is 5.97 Å². The average Bonchev–Trinajstić information content (AvgIpc) is 2.70. The van der Waals surface area contributed by atoms with Crippen molar-refractivity contribution in [2.24, 2.45) is 0 Å². The highest BCUT2D eigenvalue weighted by Crippen LogP contribution is 2.52. The van der Waals surface area contributed by atoms with E-state index in [0.717, 1.165) is 11.1 Å². The van der Waals surface area contributed by atoms with Crippen molar-refractivity contribution in [3.8, 4) is 34.5 Å². The molecule has 0 amide bonds. The second kappa shape index (κ2) is 7.65. The number of methoxy groups -OCH3 is 5. The van der Waals surface area contributed by atoms with Gasteiger partial charge in [0.15, 0.2) is 23.0 Å². The van der Waals surface area contributed by atoms with Gasteiger partial charge in [0.05, 0.1) is 42.0 Å².